The van der Waals surface area contributed by atoms with Gasteiger partial charge in [-0.1, -0.05) is 88.4 Å². The molecule has 0 aliphatic heterocycles. The second-order valence-electron chi connectivity index (χ2n) is 8.54. The second kappa shape index (κ2) is 11.7. The van der Waals surface area contributed by atoms with E-state index in [0.717, 1.165) is 19.5 Å². The van der Waals surface area contributed by atoms with Crippen LogP contribution in [-0.4, -0.2) is 34.6 Å². The number of hydrogen-bond donors (Lipinski definition) is 2. The van der Waals surface area contributed by atoms with Crippen molar-refractivity contribution >= 4 is 5.91 Å². The molecular weight excluding hydrogens is 360 g/mol. The zero-order valence-corrected chi connectivity index (χ0v) is 18.2. The highest BCUT2D eigenvalue weighted by Crippen LogP contribution is 2.21. The van der Waals surface area contributed by atoms with Gasteiger partial charge >= 0.3 is 0 Å². The largest absolute Gasteiger partial charge is 0.390 e. The molecule has 0 bridgehead atoms. The van der Waals surface area contributed by atoms with Crippen LogP contribution in [0.1, 0.15) is 45.2 Å². The molecule has 0 heterocycles. The van der Waals surface area contributed by atoms with Crippen molar-refractivity contribution in [2.24, 2.45) is 11.8 Å². The Morgan fingerprint density at radius 1 is 0.897 bits per heavy atom. The summed E-state index contributed by atoms with van der Waals surface area (Å²) in [4.78, 5) is 14.4. The number of carbonyl (C=O) groups is 1. The summed E-state index contributed by atoms with van der Waals surface area (Å²) in [5, 5.41) is 14.0. The van der Waals surface area contributed by atoms with Gasteiger partial charge in [-0.25, -0.2) is 0 Å². The van der Waals surface area contributed by atoms with Crippen LogP contribution < -0.4 is 5.32 Å². The van der Waals surface area contributed by atoms with Gasteiger partial charge in [0.2, 0.25) is 5.91 Å². The van der Waals surface area contributed by atoms with Crippen LogP contribution in [0.15, 0.2) is 60.7 Å². The van der Waals surface area contributed by atoms with Gasteiger partial charge in [0.1, 0.15) is 0 Å². The summed E-state index contributed by atoms with van der Waals surface area (Å²) in [6, 6.07) is 20.7. The monoisotopic (exact) mass is 396 g/mol. The fourth-order valence-electron chi connectivity index (χ4n) is 3.50. The van der Waals surface area contributed by atoms with Gasteiger partial charge < -0.3 is 10.4 Å². The molecule has 0 fully saturated rings. The number of amides is 1. The smallest absolute Gasteiger partial charge is 0.222 e. The van der Waals surface area contributed by atoms with E-state index in [2.05, 4.69) is 48.3 Å². The van der Waals surface area contributed by atoms with Crippen LogP contribution in [-0.2, 0) is 17.9 Å². The number of nitrogens with one attached hydrogen (secondary N) is 1. The first-order valence-corrected chi connectivity index (χ1v) is 10.6. The first-order valence-electron chi connectivity index (χ1n) is 10.6. The molecule has 2 atom stereocenters. The zero-order valence-electron chi connectivity index (χ0n) is 18.2. The Balaban J connectivity index is 2.23. The van der Waals surface area contributed by atoms with Gasteiger partial charge in [-0.05, 0) is 23.5 Å². The van der Waals surface area contributed by atoms with E-state index in [1.54, 1.807) is 0 Å². The van der Waals surface area contributed by atoms with Gasteiger partial charge in [0.05, 0.1) is 6.10 Å². The molecule has 2 N–H and O–H groups in total. The molecule has 0 spiro atoms. The van der Waals surface area contributed by atoms with Crippen molar-refractivity contribution in [1.29, 1.82) is 0 Å². The Hall–Kier alpha value is -2.17. The minimum absolute atomic E-state index is 0.0231. The van der Waals surface area contributed by atoms with E-state index >= 15 is 0 Å². The summed E-state index contributed by atoms with van der Waals surface area (Å²) in [7, 11) is 0. The molecule has 0 aromatic heterocycles. The maximum atomic E-state index is 12.0. The van der Waals surface area contributed by atoms with E-state index in [-0.39, 0.29) is 24.4 Å². The van der Waals surface area contributed by atoms with E-state index in [1.807, 2.05) is 50.2 Å². The fraction of sp³-hybridized carbons (Fsp3) is 0.480. The molecule has 4 heteroatoms. The Kier molecular flexibility index (Phi) is 9.36. The lowest BCUT2D eigenvalue weighted by atomic mass is 9.96. The third-order valence-corrected chi connectivity index (χ3v) is 5.09. The first kappa shape index (κ1) is 23.1. The number of aliphatic hydroxyl groups is 1. The summed E-state index contributed by atoms with van der Waals surface area (Å²) in [6.45, 7) is 9.86. The van der Waals surface area contributed by atoms with E-state index in [0.29, 0.717) is 5.92 Å². The normalized spacial score (nSPS) is 13.7. The lowest BCUT2D eigenvalue weighted by Crippen LogP contribution is -2.49. The standard InChI is InChI=1S/C25H36N2O2/c1-19(2)15-23(24(28)16-26-25(29)20(3)4)27(17-21-11-7-5-8-12-21)18-22-13-9-6-10-14-22/h5-14,19-20,23-24,28H,15-18H2,1-4H3,(H,26,29)/t23-,24+/m0/s1. The maximum Gasteiger partial charge on any atom is 0.222 e. The van der Waals surface area contributed by atoms with Crippen molar-refractivity contribution in [1.82, 2.24) is 10.2 Å². The van der Waals surface area contributed by atoms with Gasteiger partial charge in [0, 0.05) is 31.6 Å². The van der Waals surface area contributed by atoms with Crippen molar-refractivity contribution in [2.45, 2.75) is 59.4 Å². The Labute approximate surface area is 175 Å². The first-order chi connectivity index (χ1) is 13.9. The quantitative estimate of drug-likeness (QED) is 0.597. The highest BCUT2D eigenvalue weighted by atomic mass is 16.3. The number of hydrogen-bond acceptors (Lipinski definition) is 3. The van der Waals surface area contributed by atoms with E-state index in [4.69, 9.17) is 0 Å². The molecule has 0 aliphatic carbocycles. The van der Waals surface area contributed by atoms with Gasteiger partial charge in [0.15, 0.2) is 0 Å². The number of nitrogens with zero attached hydrogens (tertiary/aromatic N) is 1. The lowest BCUT2D eigenvalue weighted by Gasteiger charge is -2.36. The van der Waals surface area contributed by atoms with Crippen LogP contribution in [0.4, 0.5) is 0 Å². The number of rotatable bonds is 11. The lowest BCUT2D eigenvalue weighted by molar-refractivity contribution is -0.124. The molecule has 2 aromatic carbocycles. The molecule has 158 valence electrons. The summed E-state index contributed by atoms with van der Waals surface area (Å²) in [5.41, 5.74) is 2.44. The SMILES string of the molecule is CC(C)C[C@@H]([C@H](O)CNC(=O)C(C)C)N(Cc1ccccc1)Cc1ccccc1. The molecule has 0 aliphatic rings. The van der Waals surface area contributed by atoms with E-state index < -0.39 is 6.10 Å². The van der Waals surface area contributed by atoms with Crippen LogP contribution in [0.3, 0.4) is 0 Å². The second-order valence-corrected chi connectivity index (χ2v) is 8.54. The van der Waals surface area contributed by atoms with Crippen molar-refractivity contribution < 1.29 is 9.90 Å². The van der Waals surface area contributed by atoms with Gasteiger partial charge in [-0.2, -0.15) is 0 Å². The van der Waals surface area contributed by atoms with Crippen molar-refractivity contribution in [3.63, 3.8) is 0 Å². The molecular formula is C25H36N2O2. The molecule has 0 unspecified atom stereocenters. The number of aliphatic hydroxyl groups excluding tert-OH is 1. The minimum atomic E-state index is -0.632. The highest BCUT2D eigenvalue weighted by molar-refractivity contribution is 5.77. The van der Waals surface area contributed by atoms with Gasteiger partial charge in [-0.3, -0.25) is 9.69 Å². The summed E-state index contributed by atoms with van der Waals surface area (Å²) < 4.78 is 0. The highest BCUT2D eigenvalue weighted by Gasteiger charge is 2.28. The Morgan fingerprint density at radius 2 is 1.38 bits per heavy atom. The predicted molar refractivity (Wildman–Crippen MR) is 119 cm³/mol. The van der Waals surface area contributed by atoms with Gasteiger partial charge in [-0.15, -0.1) is 0 Å². The summed E-state index contributed by atoms with van der Waals surface area (Å²) >= 11 is 0. The molecule has 2 aromatic rings. The van der Waals surface area contributed by atoms with Crippen LogP contribution in [0.25, 0.3) is 0 Å². The molecule has 1 amide bonds. The minimum Gasteiger partial charge on any atom is -0.390 e. The average molecular weight is 397 g/mol. The van der Waals surface area contributed by atoms with Gasteiger partial charge in [0.25, 0.3) is 0 Å². The van der Waals surface area contributed by atoms with Crippen LogP contribution in [0, 0.1) is 11.8 Å². The van der Waals surface area contributed by atoms with Crippen LogP contribution in [0.2, 0.25) is 0 Å². The predicted octanol–water partition coefficient (Wildman–Crippen LogP) is 4.24. The topological polar surface area (TPSA) is 52.6 Å². The fourth-order valence-corrected chi connectivity index (χ4v) is 3.50. The summed E-state index contributed by atoms with van der Waals surface area (Å²) in [5.74, 6) is 0.324. The average Bonchev–Trinajstić information content (AvgIpc) is 2.71. The van der Waals surface area contributed by atoms with Crippen LogP contribution in [0.5, 0.6) is 0 Å². The molecule has 0 radical (unpaired) electrons. The number of benzene rings is 2. The molecule has 2 rings (SSSR count). The molecule has 0 saturated carbocycles. The molecule has 4 nitrogen and oxygen atoms in total. The third-order valence-electron chi connectivity index (χ3n) is 5.09. The van der Waals surface area contributed by atoms with Crippen molar-refractivity contribution in [3.8, 4) is 0 Å². The summed E-state index contributed by atoms with van der Waals surface area (Å²) in [6.07, 6.45) is 0.228. The zero-order chi connectivity index (χ0) is 21.2. The van der Waals surface area contributed by atoms with Crippen molar-refractivity contribution in [2.75, 3.05) is 6.54 Å². The third kappa shape index (κ3) is 8.00. The Morgan fingerprint density at radius 3 is 1.79 bits per heavy atom. The molecule has 0 saturated heterocycles. The van der Waals surface area contributed by atoms with E-state index in [9.17, 15) is 9.90 Å². The number of carbonyl (C=O) groups excluding carboxylic acids is 1. The van der Waals surface area contributed by atoms with E-state index in [1.165, 1.54) is 11.1 Å². The Bertz CT molecular complexity index is 675. The molecule has 29 heavy (non-hydrogen) atoms. The maximum absolute atomic E-state index is 12.0. The van der Waals surface area contributed by atoms with Crippen molar-refractivity contribution in [3.05, 3.63) is 71.8 Å². The van der Waals surface area contributed by atoms with Crippen LogP contribution >= 0.6 is 0 Å².